The van der Waals surface area contributed by atoms with E-state index in [4.69, 9.17) is 9.47 Å². The first-order valence-corrected chi connectivity index (χ1v) is 7.36. The summed E-state index contributed by atoms with van der Waals surface area (Å²) >= 11 is 0. The molecule has 0 aromatic rings. The summed E-state index contributed by atoms with van der Waals surface area (Å²) in [4.78, 5) is 4.51. The molecule has 2 N–H and O–H groups in total. The van der Waals surface area contributed by atoms with Crippen molar-refractivity contribution in [3.05, 3.63) is 0 Å². The van der Waals surface area contributed by atoms with E-state index in [0.29, 0.717) is 6.61 Å². The summed E-state index contributed by atoms with van der Waals surface area (Å²) in [6.07, 6.45) is 3.28. The molecule has 5 nitrogen and oxygen atoms in total. The molecular formula is C14H32IN3O2. The van der Waals surface area contributed by atoms with E-state index in [1.165, 1.54) is 6.42 Å². The van der Waals surface area contributed by atoms with Crippen molar-refractivity contribution >= 4 is 29.9 Å². The molecule has 0 radical (unpaired) electrons. The van der Waals surface area contributed by atoms with Gasteiger partial charge in [0.1, 0.15) is 0 Å². The smallest absolute Gasteiger partial charge is 0.191 e. The van der Waals surface area contributed by atoms with Gasteiger partial charge in [0.05, 0.1) is 6.61 Å². The lowest BCUT2D eigenvalue weighted by molar-refractivity contribution is 0.130. The number of nitrogens with zero attached hydrogens (tertiary/aromatic N) is 1. The number of methoxy groups -OCH3 is 1. The summed E-state index contributed by atoms with van der Waals surface area (Å²) in [6, 6.07) is 0.253. The number of ether oxygens (including phenoxy) is 2. The maximum atomic E-state index is 5.51. The molecule has 6 heteroatoms. The van der Waals surface area contributed by atoms with Crippen LogP contribution in [0.4, 0.5) is 0 Å². The Morgan fingerprint density at radius 1 is 1.20 bits per heavy atom. The SMILES string of the molecule is CCCCOCCCN=C(NCC)NC(C)COC.I. The highest BCUT2D eigenvalue weighted by Gasteiger charge is 2.03. The number of halogens is 1. The molecule has 0 rings (SSSR count). The molecule has 0 aromatic heterocycles. The number of aliphatic imine (C=N–C) groups is 1. The van der Waals surface area contributed by atoms with Crippen molar-refractivity contribution in [2.24, 2.45) is 4.99 Å². The van der Waals surface area contributed by atoms with Gasteiger partial charge >= 0.3 is 0 Å². The van der Waals surface area contributed by atoms with Crippen LogP contribution in [-0.2, 0) is 9.47 Å². The van der Waals surface area contributed by atoms with E-state index in [2.05, 4.69) is 36.4 Å². The lowest BCUT2D eigenvalue weighted by Crippen LogP contribution is -2.44. The van der Waals surface area contributed by atoms with Gasteiger partial charge in [-0.2, -0.15) is 0 Å². The Morgan fingerprint density at radius 3 is 2.50 bits per heavy atom. The molecule has 0 amide bonds. The van der Waals surface area contributed by atoms with Crippen LogP contribution in [0, 0.1) is 0 Å². The van der Waals surface area contributed by atoms with E-state index in [9.17, 15) is 0 Å². The van der Waals surface area contributed by atoms with Crippen molar-refractivity contribution < 1.29 is 9.47 Å². The monoisotopic (exact) mass is 401 g/mol. The number of unbranched alkanes of at least 4 members (excludes halogenated alkanes) is 1. The minimum atomic E-state index is 0. The van der Waals surface area contributed by atoms with Crippen molar-refractivity contribution in [2.45, 2.75) is 46.1 Å². The Labute approximate surface area is 141 Å². The van der Waals surface area contributed by atoms with Gasteiger partial charge in [0, 0.05) is 39.5 Å². The zero-order valence-corrected chi connectivity index (χ0v) is 15.7. The lowest BCUT2D eigenvalue weighted by atomic mass is 10.3. The first-order chi connectivity index (χ1) is 9.24. The van der Waals surface area contributed by atoms with Crippen molar-refractivity contribution in [1.29, 1.82) is 0 Å². The molecule has 0 aliphatic carbocycles. The van der Waals surface area contributed by atoms with Crippen LogP contribution >= 0.6 is 24.0 Å². The third-order valence-corrected chi connectivity index (χ3v) is 2.50. The lowest BCUT2D eigenvalue weighted by Gasteiger charge is -2.16. The number of hydrogen-bond acceptors (Lipinski definition) is 3. The fourth-order valence-corrected chi connectivity index (χ4v) is 1.55. The molecule has 0 fully saturated rings. The second kappa shape index (κ2) is 17.0. The van der Waals surface area contributed by atoms with Crippen LogP contribution in [-0.4, -0.2) is 52.0 Å². The molecule has 0 bridgehead atoms. The Balaban J connectivity index is 0. The summed E-state index contributed by atoms with van der Waals surface area (Å²) in [6.45, 7) is 10.3. The molecule has 0 heterocycles. The van der Waals surface area contributed by atoms with Crippen molar-refractivity contribution in [3.8, 4) is 0 Å². The van der Waals surface area contributed by atoms with Gasteiger partial charge in [-0.15, -0.1) is 24.0 Å². The highest BCUT2D eigenvalue weighted by molar-refractivity contribution is 14.0. The normalized spacial score (nSPS) is 12.7. The average Bonchev–Trinajstić information content (AvgIpc) is 2.38. The number of rotatable bonds is 11. The topological polar surface area (TPSA) is 54.9 Å². The fourth-order valence-electron chi connectivity index (χ4n) is 1.55. The molecule has 0 aromatic carbocycles. The van der Waals surface area contributed by atoms with E-state index in [1.54, 1.807) is 7.11 Å². The summed E-state index contributed by atoms with van der Waals surface area (Å²) in [5.41, 5.74) is 0. The maximum Gasteiger partial charge on any atom is 0.191 e. The van der Waals surface area contributed by atoms with Crippen LogP contribution in [0.25, 0.3) is 0 Å². The molecule has 0 aliphatic rings. The maximum absolute atomic E-state index is 5.51. The van der Waals surface area contributed by atoms with E-state index in [0.717, 1.165) is 45.1 Å². The molecule has 0 saturated heterocycles. The summed E-state index contributed by atoms with van der Waals surface area (Å²) in [5.74, 6) is 0.848. The fraction of sp³-hybridized carbons (Fsp3) is 0.929. The molecule has 1 atom stereocenters. The Hall–Kier alpha value is -0.0800. The Bertz CT molecular complexity index is 228. The van der Waals surface area contributed by atoms with Gasteiger partial charge in [-0.05, 0) is 26.7 Å². The van der Waals surface area contributed by atoms with E-state index in [1.807, 2.05) is 0 Å². The zero-order chi connectivity index (χ0) is 14.3. The molecule has 122 valence electrons. The number of hydrogen-bond donors (Lipinski definition) is 2. The van der Waals surface area contributed by atoms with Crippen LogP contribution in [0.3, 0.4) is 0 Å². The van der Waals surface area contributed by atoms with Crippen LogP contribution in [0.1, 0.15) is 40.0 Å². The van der Waals surface area contributed by atoms with Gasteiger partial charge in [0.25, 0.3) is 0 Å². The predicted octanol–water partition coefficient (Wildman–Crippen LogP) is 2.40. The van der Waals surface area contributed by atoms with Crippen molar-refractivity contribution in [2.75, 3.05) is 40.0 Å². The van der Waals surface area contributed by atoms with Gasteiger partial charge in [0.2, 0.25) is 0 Å². The van der Waals surface area contributed by atoms with Crippen molar-refractivity contribution in [3.63, 3.8) is 0 Å². The van der Waals surface area contributed by atoms with E-state index in [-0.39, 0.29) is 30.0 Å². The first-order valence-electron chi connectivity index (χ1n) is 7.36. The standard InChI is InChI=1S/C14H31N3O2.HI/c1-5-7-10-19-11-8-9-16-14(15-6-2)17-13(3)12-18-4;/h13H,5-12H2,1-4H3,(H2,15,16,17);1H. The number of nitrogens with one attached hydrogen (secondary N) is 2. The summed E-state index contributed by atoms with van der Waals surface area (Å²) < 4.78 is 10.6. The Morgan fingerprint density at radius 2 is 1.90 bits per heavy atom. The van der Waals surface area contributed by atoms with Crippen molar-refractivity contribution in [1.82, 2.24) is 10.6 Å². The minimum Gasteiger partial charge on any atom is -0.383 e. The van der Waals surface area contributed by atoms with Crippen LogP contribution < -0.4 is 10.6 Å². The van der Waals surface area contributed by atoms with Crippen LogP contribution in [0.15, 0.2) is 4.99 Å². The third-order valence-electron chi connectivity index (χ3n) is 2.50. The van der Waals surface area contributed by atoms with E-state index < -0.39 is 0 Å². The Kier molecular flexibility index (Phi) is 18.8. The van der Waals surface area contributed by atoms with Crippen LogP contribution in [0.5, 0.6) is 0 Å². The van der Waals surface area contributed by atoms with Gasteiger partial charge in [-0.25, -0.2) is 0 Å². The number of guanidine groups is 1. The van der Waals surface area contributed by atoms with E-state index >= 15 is 0 Å². The third kappa shape index (κ3) is 14.3. The van der Waals surface area contributed by atoms with Crippen LogP contribution in [0.2, 0.25) is 0 Å². The van der Waals surface area contributed by atoms with Gasteiger partial charge < -0.3 is 20.1 Å². The highest BCUT2D eigenvalue weighted by atomic mass is 127. The quantitative estimate of drug-likeness (QED) is 0.242. The molecule has 1 unspecified atom stereocenters. The van der Waals surface area contributed by atoms with Gasteiger partial charge in [0.15, 0.2) is 5.96 Å². The zero-order valence-electron chi connectivity index (χ0n) is 13.4. The highest BCUT2D eigenvalue weighted by Crippen LogP contribution is 1.91. The summed E-state index contributed by atoms with van der Waals surface area (Å²) in [7, 11) is 1.70. The molecule has 20 heavy (non-hydrogen) atoms. The molecule has 0 saturated carbocycles. The minimum absolute atomic E-state index is 0. The van der Waals surface area contributed by atoms with Gasteiger partial charge in [-0.1, -0.05) is 13.3 Å². The molecule has 0 spiro atoms. The molecular weight excluding hydrogens is 369 g/mol. The van der Waals surface area contributed by atoms with Gasteiger partial charge in [-0.3, -0.25) is 4.99 Å². The second-order valence-electron chi connectivity index (χ2n) is 4.58. The second-order valence-corrected chi connectivity index (χ2v) is 4.58. The molecule has 0 aliphatic heterocycles. The summed E-state index contributed by atoms with van der Waals surface area (Å²) in [5, 5.41) is 6.53. The largest absolute Gasteiger partial charge is 0.383 e. The predicted molar refractivity (Wildman–Crippen MR) is 96.2 cm³/mol. The first kappa shape index (κ1) is 22.2. The average molecular weight is 401 g/mol.